The van der Waals surface area contributed by atoms with Crippen LogP contribution in [0.2, 0.25) is 0 Å². The van der Waals surface area contributed by atoms with E-state index in [0.717, 1.165) is 12.1 Å². The van der Waals surface area contributed by atoms with E-state index in [0.29, 0.717) is 0 Å². The van der Waals surface area contributed by atoms with Crippen molar-refractivity contribution in [1.82, 2.24) is 0 Å². The van der Waals surface area contributed by atoms with E-state index in [2.05, 4.69) is 0 Å². The highest BCUT2D eigenvalue weighted by molar-refractivity contribution is 6.31. The maximum Gasteiger partial charge on any atom is 0.288 e. The largest absolute Gasteiger partial charge is 0.507 e. The summed E-state index contributed by atoms with van der Waals surface area (Å²) in [5.74, 6) is -1.70. The minimum atomic E-state index is -0.803. The first-order valence-electron chi connectivity index (χ1n) is 4.02. The number of rotatable bonds is 3. The van der Waals surface area contributed by atoms with Crippen molar-refractivity contribution in [2.45, 2.75) is 0 Å². The Balaban J connectivity index is 3.58. The average molecular weight is 241 g/mol. The van der Waals surface area contributed by atoms with Gasteiger partial charge in [0, 0.05) is 6.07 Å². The number of benzene rings is 1. The molecule has 0 spiro atoms. The molecule has 0 aliphatic heterocycles. The van der Waals surface area contributed by atoms with Crippen LogP contribution in [-0.2, 0) is 0 Å². The van der Waals surface area contributed by atoms with Crippen molar-refractivity contribution in [3.8, 4) is 11.8 Å². The molecule has 16 heavy (non-hydrogen) atoms. The zero-order chi connectivity index (χ0) is 12.3. The van der Waals surface area contributed by atoms with Gasteiger partial charge in [-0.15, -0.1) is 11.6 Å². The summed E-state index contributed by atoms with van der Waals surface area (Å²) in [6, 6.07) is 3.46. The van der Waals surface area contributed by atoms with E-state index >= 15 is 0 Å². The van der Waals surface area contributed by atoms with Gasteiger partial charge in [0.05, 0.1) is 16.4 Å². The quantitative estimate of drug-likeness (QED) is 0.374. The Morgan fingerprint density at radius 3 is 2.69 bits per heavy atom. The lowest BCUT2D eigenvalue weighted by Gasteiger charge is -2.04. The third-order valence-corrected chi connectivity index (χ3v) is 2.11. The lowest BCUT2D eigenvalue weighted by atomic mass is 10.0. The minimum absolute atomic E-state index is 0.410. The van der Waals surface area contributed by atoms with Gasteiger partial charge in [-0.05, 0) is 6.07 Å². The van der Waals surface area contributed by atoms with Crippen molar-refractivity contribution in [2.24, 2.45) is 0 Å². The molecule has 0 heterocycles. The Bertz CT molecular complexity index is 507. The number of carbonyl (C=O) groups is 1. The number of halogens is 1. The Labute approximate surface area is 94.8 Å². The fraction of sp³-hybridized carbons (Fsp3) is 0.111. The van der Waals surface area contributed by atoms with Crippen LogP contribution < -0.4 is 0 Å². The summed E-state index contributed by atoms with van der Waals surface area (Å²) < 4.78 is 0. The summed E-state index contributed by atoms with van der Waals surface area (Å²) in [5.41, 5.74) is -1.42. The average Bonchev–Trinajstić information content (AvgIpc) is 2.26. The molecule has 6 nitrogen and oxygen atoms in total. The fourth-order valence-electron chi connectivity index (χ4n) is 1.20. The lowest BCUT2D eigenvalue weighted by molar-refractivity contribution is -0.385. The van der Waals surface area contributed by atoms with Crippen LogP contribution in [0.1, 0.15) is 15.9 Å². The van der Waals surface area contributed by atoms with Gasteiger partial charge in [0.1, 0.15) is 17.4 Å². The molecule has 0 fully saturated rings. The van der Waals surface area contributed by atoms with Gasteiger partial charge in [-0.25, -0.2) is 0 Å². The topological polar surface area (TPSA) is 104 Å². The summed E-state index contributed by atoms with van der Waals surface area (Å²) in [6.45, 7) is 0. The minimum Gasteiger partial charge on any atom is -0.507 e. The van der Waals surface area contributed by atoms with Gasteiger partial charge >= 0.3 is 0 Å². The van der Waals surface area contributed by atoms with E-state index in [1.165, 1.54) is 6.07 Å². The molecule has 0 aromatic heterocycles. The van der Waals surface area contributed by atoms with E-state index in [1.54, 1.807) is 0 Å². The van der Waals surface area contributed by atoms with Gasteiger partial charge in [-0.1, -0.05) is 0 Å². The number of nitro benzene ring substituents is 1. The van der Waals surface area contributed by atoms with Crippen LogP contribution in [-0.4, -0.2) is 21.7 Å². The van der Waals surface area contributed by atoms with Crippen molar-refractivity contribution >= 4 is 23.1 Å². The number of carbonyl (C=O) groups excluding carboxylic acids is 1. The van der Waals surface area contributed by atoms with E-state index < -0.39 is 39.2 Å². The Morgan fingerprint density at radius 2 is 2.25 bits per heavy atom. The molecule has 0 atom stereocenters. The summed E-state index contributed by atoms with van der Waals surface area (Å²) in [4.78, 5) is 21.1. The second-order valence-corrected chi connectivity index (χ2v) is 3.05. The number of phenols is 1. The molecule has 82 valence electrons. The fourth-order valence-corrected chi connectivity index (χ4v) is 1.33. The number of nitriles is 1. The smallest absolute Gasteiger partial charge is 0.288 e. The zero-order valence-electron chi connectivity index (χ0n) is 7.81. The SMILES string of the molecule is N#Cc1c([N+](=O)[O-])ccc(O)c1C(=O)CCl. The standard InChI is InChI=1S/C9H5ClN2O4/c10-3-8(14)9-5(4-11)6(12(15)16)1-2-7(9)13/h1-2,13H,3H2. The molecule has 0 unspecified atom stereocenters. The molecule has 0 radical (unpaired) electrons. The predicted molar refractivity (Wildman–Crippen MR) is 54.5 cm³/mol. The van der Waals surface area contributed by atoms with Crippen molar-refractivity contribution in [3.05, 3.63) is 33.4 Å². The van der Waals surface area contributed by atoms with Crippen molar-refractivity contribution in [2.75, 3.05) is 5.88 Å². The summed E-state index contributed by atoms with van der Waals surface area (Å²) in [7, 11) is 0. The maximum atomic E-state index is 11.3. The summed E-state index contributed by atoms with van der Waals surface area (Å²) in [6.07, 6.45) is 0. The van der Waals surface area contributed by atoms with Crippen molar-refractivity contribution in [3.63, 3.8) is 0 Å². The van der Waals surface area contributed by atoms with Crippen LogP contribution in [0.4, 0.5) is 5.69 Å². The highest BCUT2D eigenvalue weighted by Crippen LogP contribution is 2.29. The number of aromatic hydroxyl groups is 1. The lowest BCUT2D eigenvalue weighted by Crippen LogP contribution is -2.06. The zero-order valence-corrected chi connectivity index (χ0v) is 8.56. The third kappa shape index (κ3) is 1.94. The molecule has 7 heteroatoms. The molecule has 0 aliphatic rings. The number of ketones is 1. The third-order valence-electron chi connectivity index (χ3n) is 1.87. The van der Waals surface area contributed by atoms with Gasteiger partial charge < -0.3 is 5.11 Å². The maximum absolute atomic E-state index is 11.3. The number of alkyl halides is 1. The van der Waals surface area contributed by atoms with E-state index in [1.807, 2.05) is 0 Å². The predicted octanol–water partition coefficient (Wildman–Crippen LogP) is 1.59. The molecule has 0 amide bonds. The van der Waals surface area contributed by atoms with Crippen LogP contribution in [0.3, 0.4) is 0 Å². The molecule has 0 bridgehead atoms. The van der Waals surface area contributed by atoms with Crippen LogP contribution in [0, 0.1) is 21.4 Å². The van der Waals surface area contributed by atoms with Gasteiger partial charge in [-0.2, -0.15) is 5.26 Å². The molecular weight excluding hydrogens is 236 g/mol. The first kappa shape index (κ1) is 11.9. The number of phenolic OH excluding ortho intramolecular Hbond substituents is 1. The van der Waals surface area contributed by atoms with Gasteiger partial charge in [-0.3, -0.25) is 14.9 Å². The first-order valence-corrected chi connectivity index (χ1v) is 4.56. The van der Waals surface area contributed by atoms with E-state index in [-0.39, 0.29) is 0 Å². The van der Waals surface area contributed by atoms with E-state index in [4.69, 9.17) is 16.9 Å². The first-order chi connectivity index (χ1) is 7.52. The number of hydrogen-bond donors (Lipinski definition) is 1. The van der Waals surface area contributed by atoms with Crippen molar-refractivity contribution in [1.29, 1.82) is 5.26 Å². The Hall–Kier alpha value is -2.13. The number of nitro groups is 1. The van der Waals surface area contributed by atoms with Crippen LogP contribution in [0.5, 0.6) is 5.75 Å². The normalized spacial score (nSPS) is 9.50. The molecule has 1 N–H and O–H groups in total. The van der Waals surface area contributed by atoms with Crippen LogP contribution in [0.25, 0.3) is 0 Å². The van der Waals surface area contributed by atoms with Crippen LogP contribution >= 0.6 is 11.6 Å². The van der Waals surface area contributed by atoms with Crippen molar-refractivity contribution < 1.29 is 14.8 Å². The van der Waals surface area contributed by atoms with Gasteiger partial charge in [0.15, 0.2) is 5.78 Å². The molecule has 1 aromatic carbocycles. The molecule has 1 aromatic rings. The number of Topliss-reactive ketones (excluding diaryl/α,β-unsaturated/α-hetero) is 1. The molecular formula is C9H5ClN2O4. The second kappa shape index (κ2) is 4.59. The number of hydrogen-bond acceptors (Lipinski definition) is 5. The molecule has 0 saturated heterocycles. The molecule has 0 aliphatic carbocycles. The molecule has 1 rings (SSSR count). The highest BCUT2D eigenvalue weighted by Gasteiger charge is 2.24. The van der Waals surface area contributed by atoms with Gasteiger partial charge in [0.2, 0.25) is 0 Å². The van der Waals surface area contributed by atoms with Crippen LogP contribution in [0.15, 0.2) is 12.1 Å². The number of nitrogens with zero attached hydrogens (tertiary/aromatic N) is 2. The van der Waals surface area contributed by atoms with Gasteiger partial charge in [0.25, 0.3) is 5.69 Å². The Kier molecular flexibility index (Phi) is 3.43. The van der Waals surface area contributed by atoms with E-state index in [9.17, 15) is 20.0 Å². The summed E-state index contributed by atoms with van der Waals surface area (Å²) in [5, 5.41) is 28.7. The Morgan fingerprint density at radius 1 is 1.62 bits per heavy atom. The monoisotopic (exact) mass is 240 g/mol. The highest BCUT2D eigenvalue weighted by atomic mass is 35.5. The molecule has 0 saturated carbocycles. The second-order valence-electron chi connectivity index (χ2n) is 2.78. The summed E-state index contributed by atoms with van der Waals surface area (Å²) >= 11 is 5.28.